The van der Waals surface area contributed by atoms with Crippen molar-refractivity contribution in [2.45, 2.75) is 98.4 Å². The lowest BCUT2D eigenvalue weighted by molar-refractivity contribution is -0.165. The number of methoxy groups -OCH3 is 1. The van der Waals surface area contributed by atoms with Gasteiger partial charge in [-0.3, -0.25) is 4.79 Å². The van der Waals surface area contributed by atoms with Crippen LogP contribution in [0.25, 0.3) is 4.85 Å². The fraction of sp³-hybridized carbons (Fsp3) is 0.931. The number of carbonyl (C=O) groups is 1. The van der Waals surface area contributed by atoms with E-state index in [1.165, 1.54) is 45.9 Å². The molecule has 5 heteroatoms. The molecule has 0 amide bonds. The van der Waals surface area contributed by atoms with E-state index in [2.05, 4.69) is 56.2 Å². The highest BCUT2D eigenvalue weighted by molar-refractivity contribution is 5.78. The van der Waals surface area contributed by atoms with Crippen molar-refractivity contribution in [1.82, 2.24) is 9.80 Å². The minimum Gasteiger partial charge on any atom is -0.469 e. The van der Waals surface area contributed by atoms with E-state index in [1.54, 1.807) is 0 Å². The summed E-state index contributed by atoms with van der Waals surface area (Å²) in [7, 11) is 1.52. The van der Waals surface area contributed by atoms with Gasteiger partial charge in [0, 0.05) is 44.4 Å². The van der Waals surface area contributed by atoms with E-state index < -0.39 is 0 Å². The summed E-state index contributed by atoms with van der Waals surface area (Å²) in [6.07, 6.45) is 9.68. The van der Waals surface area contributed by atoms with Gasteiger partial charge in [0.25, 0.3) is 0 Å². The predicted octanol–water partition coefficient (Wildman–Crippen LogP) is 5.89. The third kappa shape index (κ3) is 6.35. The molecule has 0 bridgehead atoms. The fourth-order valence-electron chi connectivity index (χ4n) is 6.04. The molecule has 0 aromatic rings. The highest BCUT2D eigenvalue weighted by Gasteiger charge is 2.52. The van der Waals surface area contributed by atoms with E-state index in [0.717, 1.165) is 63.7 Å². The average Bonchev–Trinajstić information content (AvgIpc) is 3.70. The van der Waals surface area contributed by atoms with Crippen molar-refractivity contribution in [2.75, 3.05) is 46.4 Å². The number of esters is 1. The van der Waals surface area contributed by atoms with Gasteiger partial charge in [0.1, 0.15) is 0 Å². The molecular formula is C29H51N3O2. The Morgan fingerprint density at radius 2 is 1.24 bits per heavy atom. The van der Waals surface area contributed by atoms with Gasteiger partial charge in [0.05, 0.1) is 12.5 Å². The quantitative estimate of drug-likeness (QED) is 0.368. The topological polar surface area (TPSA) is 37.1 Å². The van der Waals surface area contributed by atoms with Gasteiger partial charge in [-0.25, -0.2) is 6.57 Å². The molecule has 4 fully saturated rings. The predicted molar refractivity (Wildman–Crippen MR) is 139 cm³/mol. The lowest BCUT2D eigenvalue weighted by Gasteiger charge is -2.47. The van der Waals surface area contributed by atoms with Crippen LogP contribution in [-0.2, 0) is 9.53 Å². The second kappa shape index (κ2) is 10.5. The van der Waals surface area contributed by atoms with Crippen LogP contribution in [0.1, 0.15) is 92.9 Å². The van der Waals surface area contributed by atoms with Gasteiger partial charge in [-0.05, 0) is 68.9 Å². The summed E-state index contributed by atoms with van der Waals surface area (Å²) in [6, 6.07) is 0. The van der Waals surface area contributed by atoms with E-state index >= 15 is 0 Å². The maximum absolute atomic E-state index is 12.2. The van der Waals surface area contributed by atoms with E-state index in [-0.39, 0.29) is 27.8 Å². The van der Waals surface area contributed by atoms with Crippen LogP contribution < -0.4 is 0 Å². The molecule has 5 nitrogen and oxygen atoms in total. The van der Waals surface area contributed by atoms with Crippen LogP contribution in [0.3, 0.4) is 0 Å². The summed E-state index contributed by atoms with van der Waals surface area (Å²) < 4.78 is 5.09. The maximum Gasteiger partial charge on any atom is 0.312 e. The first-order valence-electron chi connectivity index (χ1n) is 13.8. The second-order valence-electron chi connectivity index (χ2n) is 13.7. The molecule has 0 radical (unpaired) electrons. The smallest absolute Gasteiger partial charge is 0.312 e. The number of carbonyl (C=O) groups excluding carboxylic acids is 1. The number of hydrogen-bond acceptors (Lipinski definition) is 4. The second-order valence-corrected chi connectivity index (χ2v) is 13.7. The molecule has 2 saturated heterocycles. The molecule has 2 aliphatic carbocycles. The summed E-state index contributed by atoms with van der Waals surface area (Å²) in [5, 5.41) is 0. The standard InChI is InChI=1S/C15H27NO2.C14H24N2/c1-14(2,3)15(13(17)18-4)7-9-16(10-8-15)11-12-5-6-12;1-13(2,3)14(15-4)7-9-16(10-8-14)11-12-5-6-12/h12H,5-11H2,1-4H3;12H,5-11H2,1-3H3. The molecule has 34 heavy (non-hydrogen) atoms. The molecule has 2 heterocycles. The summed E-state index contributed by atoms with van der Waals surface area (Å²) in [5.41, 5.74) is -0.291. The first kappa shape index (κ1) is 27.5. The SMILES string of the molecule is COC(=O)C1(C(C)(C)C)CCN(CC2CC2)CC1.[C-]#[N+]C1(C(C)(C)C)CCN(CC2CC2)CC1. The molecule has 0 aromatic heterocycles. The van der Waals surface area contributed by atoms with Gasteiger partial charge in [0.15, 0.2) is 0 Å². The van der Waals surface area contributed by atoms with Gasteiger partial charge in [-0.15, -0.1) is 0 Å². The fourth-order valence-corrected chi connectivity index (χ4v) is 6.04. The minimum atomic E-state index is -0.290. The summed E-state index contributed by atoms with van der Waals surface area (Å²) in [5.74, 6) is 1.90. The largest absolute Gasteiger partial charge is 0.469 e. The molecule has 2 saturated carbocycles. The number of likely N-dealkylation sites (tertiary alicyclic amines) is 2. The van der Waals surface area contributed by atoms with Gasteiger partial charge in [-0.1, -0.05) is 41.5 Å². The Kier molecular flexibility index (Phi) is 8.46. The van der Waals surface area contributed by atoms with Gasteiger partial charge in [-0.2, -0.15) is 0 Å². The molecule has 0 atom stereocenters. The molecule has 0 spiro atoms. The molecule has 2 aliphatic heterocycles. The van der Waals surface area contributed by atoms with Crippen LogP contribution in [0.2, 0.25) is 0 Å². The maximum atomic E-state index is 12.2. The van der Waals surface area contributed by atoms with Crippen molar-refractivity contribution in [3.05, 3.63) is 11.4 Å². The molecule has 0 aromatic carbocycles. The van der Waals surface area contributed by atoms with Crippen LogP contribution in [-0.4, -0.2) is 67.7 Å². The van der Waals surface area contributed by atoms with Crippen LogP contribution in [0.4, 0.5) is 0 Å². The average molecular weight is 474 g/mol. The van der Waals surface area contributed by atoms with Crippen LogP contribution in [0.15, 0.2) is 0 Å². The van der Waals surface area contributed by atoms with Gasteiger partial charge in [0.2, 0.25) is 5.54 Å². The summed E-state index contributed by atoms with van der Waals surface area (Å²) in [4.78, 5) is 21.3. The Bertz CT molecular complexity index is 718. The third-order valence-corrected chi connectivity index (χ3v) is 9.44. The van der Waals surface area contributed by atoms with Crippen LogP contribution in [0, 0.1) is 34.7 Å². The minimum absolute atomic E-state index is 0.0129. The first-order chi connectivity index (χ1) is 15.9. The lowest BCUT2D eigenvalue weighted by atomic mass is 9.61. The Balaban J connectivity index is 0.000000192. The number of hydrogen-bond donors (Lipinski definition) is 0. The molecule has 4 rings (SSSR count). The van der Waals surface area contributed by atoms with E-state index in [4.69, 9.17) is 11.3 Å². The number of nitrogens with zero attached hydrogens (tertiary/aromatic N) is 3. The zero-order valence-electron chi connectivity index (χ0n) is 23.2. The van der Waals surface area contributed by atoms with Crippen LogP contribution >= 0.6 is 0 Å². The van der Waals surface area contributed by atoms with Crippen molar-refractivity contribution >= 4 is 5.97 Å². The Morgan fingerprint density at radius 1 is 0.824 bits per heavy atom. The van der Waals surface area contributed by atoms with Crippen molar-refractivity contribution in [1.29, 1.82) is 0 Å². The van der Waals surface area contributed by atoms with Crippen molar-refractivity contribution in [3.8, 4) is 0 Å². The highest BCUT2D eigenvalue weighted by atomic mass is 16.5. The summed E-state index contributed by atoms with van der Waals surface area (Å²) >= 11 is 0. The van der Waals surface area contributed by atoms with E-state index in [9.17, 15) is 4.79 Å². The molecule has 4 aliphatic rings. The van der Waals surface area contributed by atoms with E-state index in [0.29, 0.717) is 0 Å². The number of piperidine rings is 2. The molecule has 0 N–H and O–H groups in total. The van der Waals surface area contributed by atoms with Gasteiger partial charge >= 0.3 is 5.97 Å². The van der Waals surface area contributed by atoms with Crippen molar-refractivity contribution in [2.24, 2.45) is 28.1 Å². The lowest BCUT2D eigenvalue weighted by Crippen LogP contribution is -2.52. The third-order valence-electron chi connectivity index (χ3n) is 9.44. The summed E-state index contributed by atoms with van der Waals surface area (Å²) in [6.45, 7) is 27.6. The van der Waals surface area contributed by atoms with Gasteiger partial charge < -0.3 is 19.4 Å². The van der Waals surface area contributed by atoms with Crippen molar-refractivity contribution < 1.29 is 9.53 Å². The monoisotopic (exact) mass is 473 g/mol. The Labute approximate surface area is 209 Å². The molecule has 194 valence electrons. The number of ether oxygens (including phenoxy) is 1. The Hall–Kier alpha value is -1.12. The first-order valence-corrected chi connectivity index (χ1v) is 13.8. The zero-order chi connectivity index (χ0) is 25.2. The van der Waals surface area contributed by atoms with Crippen molar-refractivity contribution in [3.63, 3.8) is 0 Å². The number of rotatable bonds is 5. The molecule has 0 unspecified atom stereocenters. The normalized spacial score (nSPS) is 25.6. The van der Waals surface area contributed by atoms with Crippen LogP contribution in [0.5, 0.6) is 0 Å². The molecular weight excluding hydrogens is 422 g/mol. The highest BCUT2D eigenvalue weighted by Crippen LogP contribution is 2.48. The zero-order valence-corrected chi connectivity index (χ0v) is 23.2. The van der Waals surface area contributed by atoms with E-state index in [1.807, 2.05) is 0 Å². The Morgan fingerprint density at radius 3 is 1.53 bits per heavy atom.